The van der Waals surface area contributed by atoms with Crippen molar-refractivity contribution in [2.45, 2.75) is 6.42 Å². The highest BCUT2D eigenvalue weighted by atomic mass is 35.5. The number of rotatable bonds is 7. The number of hydrogen-bond acceptors (Lipinski definition) is 3. The van der Waals surface area contributed by atoms with Crippen LogP contribution < -0.4 is 10.6 Å². The summed E-state index contributed by atoms with van der Waals surface area (Å²) in [6.07, 6.45) is 0.975. The van der Waals surface area contributed by atoms with Crippen molar-refractivity contribution in [3.63, 3.8) is 0 Å². The van der Waals surface area contributed by atoms with Crippen molar-refractivity contribution in [3.8, 4) is 0 Å². The van der Waals surface area contributed by atoms with Crippen molar-refractivity contribution < 1.29 is 4.79 Å². The molecule has 4 nitrogen and oxygen atoms in total. The van der Waals surface area contributed by atoms with Gasteiger partial charge in [0, 0.05) is 5.02 Å². The van der Waals surface area contributed by atoms with Gasteiger partial charge in [-0.3, -0.25) is 9.69 Å². The fourth-order valence-corrected chi connectivity index (χ4v) is 2.60. The van der Waals surface area contributed by atoms with Crippen molar-refractivity contribution >= 4 is 46.4 Å². The van der Waals surface area contributed by atoms with Crippen molar-refractivity contribution in [1.29, 1.82) is 0 Å². The lowest BCUT2D eigenvalue weighted by molar-refractivity contribution is -0.117. The first-order chi connectivity index (χ1) is 9.43. The highest BCUT2D eigenvalue weighted by Gasteiger charge is 2.12. The third-order valence-electron chi connectivity index (χ3n) is 2.65. The number of benzene rings is 1. The van der Waals surface area contributed by atoms with Crippen LogP contribution in [0.4, 0.5) is 5.69 Å². The van der Waals surface area contributed by atoms with E-state index in [1.54, 1.807) is 12.1 Å². The zero-order chi connectivity index (χ0) is 15.1. The monoisotopic (exact) mass is 337 g/mol. The number of hydrogen-bond donors (Lipinski definition) is 2. The zero-order valence-corrected chi connectivity index (χ0v) is 13.7. The fourth-order valence-electron chi connectivity index (χ4n) is 1.69. The Labute approximate surface area is 134 Å². The summed E-state index contributed by atoms with van der Waals surface area (Å²) < 4.78 is 0. The Morgan fingerprint density at radius 2 is 1.85 bits per heavy atom. The van der Waals surface area contributed by atoms with Crippen LogP contribution >= 0.6 is 34.8 Å². The first-order valence-electron chi connectivity index (χ1n) is 6.21. The summed E-state index contributed by atoms with van der Waals surface area (Å²) in [5.74, 6) is -0.164. The van der Waals surface area contributed by atoms with Gasteiger partial charge in [-0.2, -0.15) is 0 Å². The van der Waals surface area contributed by atoms with Gasteiger partial charge in [0.15, 0.2) is 0 Å². The van der Waals surface area contributed by atoms with E-state index in [1.165, 1.54) is 0 Å². The maximum absolute atomic E-state index is 11.9. The van der Waals surface area contributed by atoms with E-state index in [9.17, 15) is 4.79 Å². The molecule has 1 rings (SSSR count). The third-order valence-corrected chi connectivity index (χ3v) is 3.47. The number of carbonyl (C=O) groups excluding carboxylic acids is 1. The van der Waals surface area contributed by atoms with Gasteiger partial charge >= 0.3 is 0 Å². The molecule has 1 aromatic carbocycles. The summed E-state index contributed by atoms with van der Waals surface area (Å²) in [5, 5.41) is 6.86. The Kier molecular flexibility index (Phi) is 7.62. The molecule has 0 fully saturated rings. The largest absolute Gasteiger partial charge is 0.322 e. The van der Waals surface area contributed by atoms with Crippen molar-refractivity contribution in [2.24, 2.45) is 0 Å². The lowest BCUT2D eigenvalue weighted by Gasteiger charge is -2.17. The van der Waals surface area contributed by atoms with E-state index in [1.807, 2.05) is 19.0 Å². The number of likely N-dealkylation sites (N-methyl/N-ethyl adjacent to an activating group) is 1. The predicted molar refractivity (Wildman–Crippen MR) is 86.1 cm³/mol. The van der Waals surface area contributed by atoms with Gasteiger partial charge < -0.3 is 10.6 Å². The first kappa shape index (κ1) is 17.5. The maximum atomic E-state index is 11.9. The number of halogens is 3. The Morgan fingerprint density at radius 3 is 2.40 bits per heavy atom. The van der Waals surface area contributed by atoms with Gasteiger partial charge in [0.1, 0.15) is 0 Å². The minimum atomic E-state index is -0.164. The van der Waals surface area contributed by atoms with Crippen LogP contribution in [0.15, 0.2) is 12.1 Å². The molecular weight excluding hydrogens is 321 g/mol. The second kappa shape index (κ2) is 8.70. The van der Waals surface area contributed by atoms with Gasteiger partial charge in [0.25, 0.3) is 0 Å². The van der Waals surface area contributed by atoms with Gasteiger partial charge in [0.2, 0.25) is 5.91 Å². The molecule has 0 saturated carbocycles. The first-order valence-corrected chi connectivity index (χ1v) is 7.35. The predicted octanol–water partition coefficient (Wildman–Crippen LogP) is 3.13. The van der Waals surface area contributed by atoms with E-state index in [0.717, 1.165) is 19.5 Å². The molecule has 0 aliphatic rings. The summed E-state index contributed by atoms with van der Waals surface area (Å²) in [6, 6.07) is 3.09. The minimum absolute atomic E-state index is 0.164. The average Bonchev–Trinajstić information content (AvgIpc) is 2.34. The summed E-state index contributed by atoms with van der Waals surface area (Å²) in [5.41, 5.74) is 0.395. The zero-order valence-electron chi connectivity index (χ0n) is 11.5. The molecule has 2 N–H and O–H groups in total. The summed E-state index contributed by atoms with van der Waals surface area (Å²) in [6.45, 7) is 2.02. The normalized spacial score (nSPS) is 10.9. The number of carbonyl (C=O) groups is 1. The van der Waals surface area contributed by atoms with Crippen molar-refractivity contribution in [1.82, 2.24) is 10.2 Å². The Bertz CT molecular complexity index is 445. The van der Waals surface area contributed by atoms with Crippen LogP contribution in [-0.2, 0) is 4.79 Å². The van der Waals surface area contributed by atoms with Crippen LogP contribution in [0.3, 0.4) is 0 Å². The lowest BCUT2D eigenvalue weighted by Crippen LogP contribution is -2.32. The van der Waals surface area contributed by atoms with E-state index < -0.39 is 0 Å². The highest BCUT2D eigenvalue weighted by molar-refractivity contribution is 6.42. The van der Waals surface area contributed by atoms with Crippen LogP contribution in [0.5, 0.6) is 0 Å². The molecule has 0 radical (unpaired) electrons. The molecule has 1 aromatic rings. The number of anilines is 1. The van der Waals surface area contributed by atoms with Gasteiger partial charge in [0.05, 0.1) is 22.3 Å². The number of nitrogens with zero attached hydrogens (tertiary/aromatic N) is 1. The Morgan fingerprint density at radius 1 is 1.25 bits per heavy atom. The summed E-state index contributed by atoms with van der Waals surface area (Å²) in [7, 11) is 3.79. The van der Waals surface area contributed by atoms with E-state index in [2.05, 4.69) is 10.6 Å². The van der Waals surface area contributed by atoms with Gasteiger partial charge in [-0.25, -0.2) is 0 Å². The molecule has 0 aliphatic heterocycles. The summed E-state index contributed by atoms with van der Waals surface area (Å²) >= 11 is 17.8. The molecule has 0 bridgehead atoms. The molecule has 0 heterocycles. The van der Waals surface area contributed by atoms with Gasteiger partial charge in [-0.05, 0) is 45.7 Å². The van der Waals surface area contributed by atoms with Crippen LogP contribution in [0.25, 0.3) is 0 Å². The smallest absolute Gasteiger partial charge is 0.238 e. The Balaban J connectivity index is 2.54. The van der Waals surface area contributed by atoms with Gasteiger partial charge in [-0.1, -0.05) is 34.8 Å². The quantitative estimate of drug-likeness (QED) is 0.751. The van der Waals surface area contributed by atoms with Crippen molar-refractivity contribution in [2.75, 3.05) is 39.0 Å². The molecular formula is C13H18Cl3N3O. The van der Waals surface area contributed by atoms with E-state index in [-0.39, 0.29) is 12.5 Å². The van der Waals surface area contributed by atoms with E-state index in [0.29, 0.717) is 20.8 Å². The summed E-state index contributed by atoms with van der Waals surface area (Å²) in [4.78, 5) is 13.9. The third kappa shape index (κ3) is 5.85. The second-order valence-electron chi connectivity index (χ2n) is 4.49. The van der Waals surface area contributed by atoms with Crippen LogP contribution in [0.2, 0.25) is 15.1 Å². The molecule has 0 saturated heterocycles. The van der Waals surface area contributed by atoms with E-state index >= 15 is 0 Å². The van der Waals surface area contributed by atoms with Crippen LogP contribution in [-0.4, -0.2) is 44.5 Å². The van der Waals surface area contributed by atoms with Gasteiger partial charge in [-0.15, -0.1) is 0 Å². The molecule has 0 aliphatic carbocycles. The standard InChI is InChI=1S/C13H18Cl3N3O/c1-17-4-3-5-19(2)8-12(20)18-13-10(15)6-9(14)7-11(13)16/h6-7,17H,3-5,8H2,1-2H3,(H,18,20). The molecule has 0 aromatic heterocycles. The minimum Gasteiger partial charge on any atom is -0.322 e. The highest BCUT2D eigenvalue weighted by Crippen LogP contribution is 2.33. The second-order valence-corrected chi connectivity index (χ2v) is 5.74. The molecule has 7 heteroatoms. The Hall–Kier alpha value is -0.520. The van der Waals surface area contributed by atoms with Crippen LogP contribution in [0, 0.1) is 0 Å². The molecule has 20 heavy (non-hydrogen) atoms. The fraction of sp³-hybridized carbons (Fsp3) is 0.462. The van der Waals surface area contributed by atoms with Crippen molar-refractivity contribution in [3.05, 3.63) is 27.2 Å². The average molecular weight is 339 g/mol. The number of nitrogens with one attached hydrogen (secondary N) is 2. The molecule has 0 atom stereocenters. The topological polar surface area (TPSA) is 44.4 Å². The molecule has 1 amide bonds. The lowest BCUT2D eigenvalue weighted by atomic mass is 10.3. The molecule has 0 unspecified atom stereocenters. The molecule has 0 spiro atoms. The maximum Gasteiger partial charge on any atom is 0.238 e. The van der Waals surface area contributed by atoms with Crippen LogP contribution in [0.1, 0.15) is 6.42 Å². The SMILES string of the molecule is CNCCCN(C)CC(=O)Nc1c(Cl)cc(Cl)cc1Cl. The number of amides is 1. The van der Waals surface area contributed by atoms with E-state index in [4.69, 9.17) is 34.8 Å². The molecule has 112 valence electrons.